The normalized spacial score (nSPS) is 12.4. The lowest BCUT2D eigenvalue weighted by Crippen LogP contribution is -2.31. The molecule has 1 heterocycles. The van der Waals surface area contributed by atoms with E-state index >= 15 is 0 Å². The van der Waals surface area contributed by atoms with Crippen LogP contribution in [0, 0.1) is 5.82 Å². The van der Waals surface area contributed by atoms with E-state index in [1.54, 1.807) is 12.3 Å². The molecule has 0 aliphatic carbocycles. The van der Waals surface area contributed by atoms with Crippen LogP contribution in [0.25, 0.3) is 0 Å². The van der Waals surface area contributed by atoms with Crippen LogP contribution in [0.1, 0.15) is 17.3 Å². The van der Waals surface area contributed by atoms with Crippen LogP contribution in [0.3, 0.4) is 0 Å². The van der Waals surface area contributed by atoms with Crippen LogP contribution in [0.2, 0.25) is 0 Å². The predicted molar refractivity (Wildman–Crippen MR) is 72.1 cm³/mol. The molecule has 2 aromatic rings. The fourth-order valence-corrected chi connectivity index (χ4v) is 2.24. The quantitative estimate of drug-likeness (QED) is 0.674. The van der Waals surface area contributed by atoms with Gasteiger partial charge in [-0.3, -0.25) is 16.3 Å². The lowest BCUT2D eigenvalue weighted by atomic mass is 10.0. The van der Waals surface area contributed by atoms with E-state index in [1.165, 1.54) is 6.07 Å². The minimum Gasteiger partial charge on any atom is -0.271 e. The number of benzene rings is 1. The number of nitrogens with one attached hydrogen (secondary N) is 1. The zero-order valence-electron chi connectivity index (χ0n) is 9.61. The minimum absolute atomic E-state index is 0.333. The highest BCUT2D eigenvalue weighted by Gasteiger charge is 2.16. The van der Waals surface area contributed by atoms with Gasteiger partial charge >= 0.3 is 0 Å². The average Bonchev–Trinajstić information content (AvgIpc) is 2.37. The summed E-state index contributed by atoms with van der Waals surface area (Å²) < 4.78 is 14.6. The first-order chi connectivity index (χ1) is 8.70. The van der Waals surface area contributed by atoms with Crippen LogP contribution in [-0.4, -0.2) is 4.98 Å². The molecule has 0 radical (unpaired) electrons. The Balaban J connectivity index is 2.23. The van der Waals surface area contributed by atoms with E-state index in [4.69, 9.17) is 5.84 Å². The summed E-state index contributed by atoms with van der Waals surface area (Å²) in [6.07, 6.45) is 2.13. The average molecular weight is 310 g/mol. The SMILES string of the molecule is NNC(Cc1cccc(Br)c1)c1ncccc1F. The van der Waals surface area contributed by atoms with Gasteiger partial charge in [-0.25, -0.2) is 4.39 Å². The number of rotatable bonds is 4. The van der Waals surface area contributed by atoms with Crippen LogP contribution in [0.4, 0.5) is 4.39 Å². The number of hydrazine groups is 1. The van der Waals surface area contributed by atoms with Crippen LogP contribution >= 0.6 is 15.9 Å². The van der Waals surface area contributed by atoms with Gasteiger partial charge in [0.25, 0.3) is 0 Å². The molecule has 3 nitrogen and oxygen atoms in total. The van der Waals surface area contributed by atoms with E-state index in [2.05, 4.69) is 26.3 Å². The first-order valence-electron chi connectivity index (χ1n) is 5.51. The van der Waals surface area contributed by atoms with E-state index in [9.17, 15) is 4.39 Å². The summed E-state index contributed by atoms with van der Waals surface area (Å²) in [5.74, 6) is 5.14. The topological polar surface area (TPSA) is 50.9 Å². The Labute approximate surface area is 113 Å². The Kier molecular flexibility index (Phi) is 4.41. The van der Waals surface area contributed by atoms with Gasteiger partial charge in [0.05, 0.1) is 11.7 Å². The van der Waals surface area contributed by atoms with Crippen molar-refractivity contribution in [2.75, 3.05) is 0 Å². The van der Waals surface area contributed by atoms with Gasteiger partial charge in [0.2, 0.25) is 0 Å². The molecule has 0 aliphatic rings. The van der Waals surface area contributed by atoms with Crippen LogP contribution in [0.15, 0.2) is 47.1 Å². The van der Waals surface area contributed by atoms with Crippen molar-refractivity contribution in [3.63, 3.8) is 0 Å². The number of hydrogen-bond acceptors (Lipinski definition) is 3. The minimum atomic E-state index is -0.351. The van der Waals surface area contributed by atoms with Crippen LogP contribution in [-0.2, 0) is 6.42 Å². The number of halogens is 2. The highest BCUT2D eigenvalue weighted by Crippen LogP contribution is 2.20. The highest BCUT2D eigenvalue weighted by atomic mass is 79.9. The monoisotopic (exact) mass is 309 g/mol. The van der Waals surface area contributed by atoms with E-state index in [0.29, 0.717) is 12.1 Å². The molecule has 0 amide bonds. The third kappa shape index (κ3) is 3.13. The van der Waals surface area contributed by atoms with Crippen molar-refractivity contribution in [3.05, 3.63) is 64.1 Å². The Morgan fingerprint density at radius 3 is 2.83 bits per heavy atom. The van der Waals surface area contributed by atoms with Crippen molar-refractivity contribution >= 4 is 15.9 Å². The van der Waals surface area contributed by atoms with Crippen LogP contribution < -0.4 is 11.3 Å². The van der Waals surface area contributed by atoms with E-state index in [0.717, 1.165) is 10.0 Å². The molecule has 0 fully saturated rings. The Morgan fingerprint density at radius 2 is 2.17 bits per heavy atom. The van der Waals surface area contributed by atoms with Gasteiger partial charge in [-0.05, 0) is 36.2 Å². The summed E-state index contributed by atoms with van der Waals surface area (Å²) in [5, 5.41) is 0. The molecule has 1 aromatic heterocycles. The summed E-state index contributed by atoms with van der Waals surface area (Å²) in [7, 11) is 0. The van der Waals surface area contributed by atoms with Gasteiger partial charge in [0.15, 0.2) is 0 Å². The predicted octanol–water partition coefficient (Wildman–Crippen LogP) is 2.73. The molecule has 0 bridgehead atoms. The number of hydrogen-bond donors (Lipinski definition) is 2. The molecule has 0 spiro atoms. The van der Waals surface area contributed by atoms with E-state index in [1.807, 2.05) is 24.3 Å². The highest BCUT2D eigenvalue weighted by molar-refractivity contribution is 9.10. The van der Waals surface area contributed by atoms with Gasteiger partial charge in [0, 0.05) is 10.7 Å². The first-order valence-corrected chi connectivity index (χ1v) is 6.31. The van der Waals surface area contributed by atoms with Crippen molar-refractivity contribution in [1.29, 1.82) is 0 Å². The van der Waals surface area contributed by atoms with Crippen molar-refractivity contribution in [3.8, 4) is 0 Å². The molecule has 1 atom stereocenters. The Morgan fingerprint density at radius 1 is 1.33 bits per heavy atom. The van der Waals surface area contributed by atoms with Crippen molar-refractivity contribution in [2.45, 2.75) is 12.5 Å². The van der Waals surface area contributed by atoms with Crippen molar-refractivity contribution < 1.29 is 4.39 Å². The second kappa shape index (κ2) is 6.04. The smallest absolute Gasteiger partial charge is 0.146 e. The maximum Gasteiger partial charge on any atom is 0.146 e. The second-order valence-electron chi connectivity index (χ2n) is 3.92. The maximum atomic E-state index is 13.6. The summed E-state index contributed by atoms with van der Waals surface area (Å²) in [6, 6.07) is 10.4. The van der Waals surface area contributed by atoms with Gasteiger partial charge in [-0.1, -0.05) is 28.1 Å². The van der Waals surface area contributed by atoms with Crippen molar-refractivity contribution in [2.24, 2.45) is 5.84 Å². The van der Waals surface area contributed by atoms with Gasteiger partial charge in [0.1, 0.15) is 5.82 Å². The standard InChI is InChI=1S/C13H13BrFN3/c14-10-4-1-3-9(7-10)8-12(18-16)13-11(15)5-2-6-17-13/h1-7,12,18H,8,16H2. The summed E-state index contributed by atoms with van der Waals surface area (Å²) in [4.78, 5) is 4.04. The molecule has 1 aromatic carbocycles. The van der Waals surface area contributed by atoms with Gasteiger partial charge in [-0.2, -0.15) is 0 Å². The second-order valence-corrected chi connectivity index (χ2v) is 4.84. The summed E-state index contributed by atoms with van der Waals surface area (Å²) in [6.45, 7) is 0. The maximum absolute atomic E-state index is 13.6. The zero-order valence-corrected chi connectivity index (χ0v) is 11.2. The van der Waals surface area contributed by atoms with E-state index < -0.39 is 0 Å². The lowest BCUT2D eigenvalue weighted by molar-refractivity contribution is 0.494. The number of nitrogens with two attached hydrogens (primary N) is 1. The molecular formula is C13H13BrFN3. The molecule has 94 valence electrons. The third-order valence-corrected chi connectivity index (χ3v) is 3.14. The summed E-state index contributed by atoms with van der Waals surface area (Å²) >= 11 is 3.40. The Bertz CT molecular complexity index is 533. The first kappa shape index (κ1) is 13.1. The number of pyridine rings is 1. The van der Waals surface area contributed by atoms with E-state index in [-0.39, 0.29) is 11.9 Å². The molecule has 0 aliphatic heterocycles. The zero-order chi connectivity index (χ0) is 13.0. The number of nitrogens with zero attached hydrogens (tertiary/aromatic N) is 1. The lowest BCUT2D eigenvalue weighted by Gasteiger charge is -2.16. The molecular weight excluding hydrogens is 297 g/mol. The fourth-order valence-electron chi connectivity index (χ4n) is 1.79. The van der Waals surface area contributed by atoms with Crippen LogP contribution in [0.5, 0.6) is 0 Å². The molecule has 18 heavy (non-hydrogen) atoms. The molecule has 3 N–H and O–H groups in total. The molecule has 0 saturated carbocycles. The third-order valence-electron chi connectivity index (χ3n) is 2.65. The molecule has 1 unspecified atom stereocenters. The summed E-state index contributed by atoms with van der Waals surface area (Å²) in [5.41, 5.74) is 4.00. The van der Waals surface area contributed by atoms with Crippen molar-refractivity contribution in [1.82, 2.24) is 10.4 Å². The largest absolute Gasteiger partial charge is 0.271 e. The number of aromatic nitrogens is 1. The molecule has 0 saturated heterocycles. The molecule has 2 rings (SSSR count). The molecule has 5 heteroatoms. The van der Waals surface area contributed by atoms with Gasteiger partial charge in [-0.15, -0.1) is 0 Å². The fraction of sp³-hybridized carbons (Fsp3) is 0.154. The van der Waals surface area contributed by atoms with Gasteiger partial charge < -0.3 is 0 Å². The Hall–Kier alpha value is -1.30.